The van der Waals surface area contributed by atoms with E-state index >= 15 is 0 Å². The van der Waals surface area contributed by atoms with E-state index in [1.807, 2.05) is 18.2 Å². The van der Waals surface area contributed by atoms with Crippen molar-refractivity contribution in [2.24, 2.45) is 0 Å². The lowest BCUT2D eigenvalue weighted by molar-refractivity contribution is -0.163. The van der Waals surface area contributed by atoms with Gasteiger partial charge in [0.1, 0.15) is 11.5 Å². The van der Waals surface area contributed by atoms with E-state index in [0.717, 1.165) is 55.6 Å². The first kappa shape index (κ1) is 50.7. The van der Waals surface area contributed by atoms with Crippen LogP contribution in [-0.2, 0) is 35.2 Å². The molecule has 2 atom stereocenters. The molecule has 0 saturated heterocycles. The van der Waals surface area contributed by atoms with Gasteiger partial charge in [-0.2, -0.15) is 0 Å². The third kappa shape index (κ3) is 11.3. The standard InChI is InChI=1S/C38H42N2O6.C20H21ClO4/c1-39-15-13-25-20-32(42-4)34-22-28(25)29(39)17-23-7-10-27(11-8-23)45-33-19-24(9-12-31(33)41-3)18-30-36-26(14-16-40(30)2)21-35(43-5)37(44-6)38(36)46-34;1-13(2)24-19(23)20(3,4)25-17-11-7-15(8-12-17)18(22)14-5-9-16(21)10-6-14/h7-12,19-22,29-30H,13-18H2,1-6H3;5-13H,1-4H3. The number of esters is 1. The van der Waals surface area contributed by atoms with E-state index in [1.165, 1.54) is 22.3 Å². The number of hydrogen-bond acceptors (Lipinski definition) is 12. The average Bonchev–Trinajstić information content (AvgIpc) is 3.36. The largest absolute Gasteiger partial charge is 0.493 e. The summed E-state index contributed by atoms with van der Waals surface area (Å²) in [7, 11) is 11.1. The second kappa shape index (κ2) is 21.7. The maximum atomic E-state index is 12.4. The summed E-state index contributed by atoms with van der Waals surface area (Å²) in [6.45, 7) is 8.71. The number of likely N-dealkylation sites (N-methyl/N-ethyl adjacent to an activating group) is 2. The quantitative estimate of drug-likeness (QED) is 0.0961. The summed E-state index contributed by atoms with van der Waals surface area (Å²) in [4.78, 5) is 29.3. The van der Waals surface area contributed by atoms with Crippen LogP contribution in [0.15, 0.2) is 109 Å². The number of carbonyl (C=O) groups excluding carboxylic acids is 2. The van der Waals surface area contributed by atoms with Crippen LogP contribution < -0.4 is 33.2 Å². The van der Waals surface area contributed by atoms with Gasteiger partial charge in [0.05, 0.1) is 34.5 Å². The molecule has 6 aromatic carbocycles. The summed E-state index contributed by atoms with van der Waals surface area (Å²) in [5.41, 5.74) is 7.11. The van der Waals surface area contributed by atoms with E-state index in [1.54, 1.807) is 105 Å². The number of ketones is 1. The van der Waals surface area contributed by atoms with Gasteiger partial charge in [-0.05, 0) is 186 Å². The van der Waals surface area contributed by atoms with Gasteiger partial charge in [-0.3, -0.25) is 14.6 Å². The molecule has 0 saturated carbocycles. The van der Waals surface area contributed by atoms with Gasteiger partial charge in [0.15, 0.2) is 45.9 Å². The van der Waals surface area contributed by atoms with Crippen LogP contribution in [0.5, 0.6) is 51.7 Å². The van der Waals surface area contributed by atoms with Gasteiger partial charge in [-0.1, -0.05) is 29.8 Å². The Labute approximate surface area is 422 Å². The minimum atomic E-state index is -1.12. The van der Waals surface area contributed by atoms with Gasteiger partial charge in [-0.25, -0.2) is 4.79 Å². The Morgan fingerprint density at radius 2 is 1.23 bits per heavy atom. The fraction of sp³-hybridized carbons (Fsp3) is 0.345. The van der Waals surface area contributed by atoms with Crippen molar-refractivity contribution in [3.8, 4) is 51.7 Å². The zero-order valence-electron chi connectivity index (χ0n) is 42.2. The van der Waals surface area contributed by atoms with Crippen LogP contribution >= 0.6 is 11.6 Å². The fourth-order valence-corrected chi connectivity index (χ4v) is 9.54. The number of rotatable bonds is 10. The molecule has 13 heteroatoms. The molecule has 0 aliphatic carbocycles. The van der Waals surface area contributed by atoms with Gasteiger partial charge >= 0.3 is 5.97 Å². The number of carbonyl (C=O) groups is 2. The Balaban J connectivity index is 0.000000229. The first-order chi connectivity index (χ1) is 34.1. The van der Waals surface area contributed by atoms with Crippen LogP contribution in [-0.4, -0.2) is 88.9 Å². The highest BCUT2D eigenvalue weighted by Gasteiger charge is 2.36. The van der Waals surface area contributed by atoms with E-state index in [9.17, 15) is 9.59 Å². The van der Waals surface area contributed by atoms with Crippen LogP contribution in [0.4, 0.5) is 0 Å². The van der Waals surface area contributed by atoms with Gasteiger partial charge < -0.3 is 37.9 Å². The summed E-state index contributed by atoms with van der Waals surface area (Å²) in [6.07, 6.45) is 3.16. The molecule has 0 fully saturated rings. The summed E-state index contributed by atoms with van der Waals surface area (Å²) < 4.78 is 48.0. The Kier molecular flexibility index (Phi) is 15.5. The Hall–Kier alpha value is -6.73. The highest BCUT2D eigenvalue weighted by atomic mass is 35.5. The molecule has 0 radical (unpaired) electrons. The highest BCUT2D eigenvalue weighted by molar-refractivity contribution is 6.30. The Morgan fingerprint density at radius 1 is 0.648 bits per heavy atom. The molecule has 12 nitrogen and oxygen atoms in total. The number of fused-ring (bicyclic) bond motifs is 2. The van der Waals surface area contributed by atoms with Crippen molar-refractivity contribution in [3.05, 3.63) is 159 Å². The number of methoxy groups -OCH3 is 4. The second-order valence-electron chi connectivity index (χ2n) is 18.9. The summed E-state index contributed by atoms with van der Waals surface area (Å²) in [6, 6.07) is 34.6. The molecule has 6 aromatic rings. The molecule has 6 bridgehead atoms. The number of halogens is 1. The zero-order chi connectivity index (χ0) is 50.6. The minimum Gasteiger partial charge on any atom is -0.493 e. The summed E-state index contributed by atoms with van der Waals surface area (Å²) in [5.74, 6) is 5.34. The highest BCUT2D eigenvalue weighted by Crippen LogP contribution is 2.52. The van der Waals surface area contributed by atoms with Crippen LogP contribution in [0.1, 0.15) is 89.1 Å². The van der Waals surface area contributed by atoms with Crippen LogP contribution in [0.25, 0.3) is 0 Å². The molecule has 0 aromatic heterocycles. The zero-order valence-corrected chi connectivity index (χ0v) is 43.0. The predicted molar refractivity (Wildman–Crippen MR) is 275 cm³/mol. The van der Waals surface area contributed by atoms with E-state index in [0.29, 0.717) is 62.1 Å². The van der Waals surface area contributed by atoms with Crippen molar-refractivity contribution in [1.29, 1.82) is 0 Å². The smallest absolute Gasteiger partial charge is 0.350 e. The van der Waals surface area contributed by atoms with Gasteiger partial charge in [0, 0.05) is 46.9 Å². The first-order valence-corrected chi connectivity index (χ1v) is 24.3. The SMILES string of the molecule is CC(C)OC(=O)C(C)(C)Oc1ccc(C(=O)c2ccc(Cl)cc2)cc1.COc1ccc2cc1Oc1ccc(cc1)CC1c3cc(c(OC)cc3CCN1C)Oc1c(OC)c(OC)cc3c1C(C2)N(C)CC3. The molecular weight excluding hydrogens is 920 g/mol. The molecule has 4 aliphatic rings. The molecule has 10 rings (SSSR count). The van der Waals surface area contributed by atoms with Crippen molar-refractivity contribution >= 4 is 23.4 Å². The van der Waals surface area contributed by atoms with Crippen LogP contribution in [0, 0.1) is 0 Å². The number of nitrogens with zero attached hydrogens (tertiary/aromatic N) is 2. The molecule has 71 heavy (non-hydrogen) atoms. The van der Waals surface area contributed by atoms with Crippen molar-refractivity contribution in [1.82, 2.24) is 9.80 Å². The molecule has 372 valence electrons. The average molecular weight is 984 g/mol. The number of ether oxygens (including phenoxy) is 8. The molecule has 0 spiro atoms. The van der Waals surface area contributed by atoms with Gasteiger partial charge in [0.2, 0.25) is 5.75 Å². The van der Waals surface area contributed by atoms with E-state index in [4.69, 9.17) is 49.5 Å². The predicted octanol–water partition coefficient (Wildman–Crippen LogP) is 11.8. The van der Waals surface area contributed by atoms with Crippen LogP contribution in [0.2, 0.25) is 5.02 Å². The maximum absolute atomic E-state index is 12.4. The maximum Gasteiger partial charge on any atom is 0.350 e. The monoisotopic (exact) mass is 982 g/mol. The lowest BCUT2D eigenvalue weighted by Gasteiger charge is -2.37. The van der Waals surface area contributed by atoms with Gasteiger partial charge in [0.25, 0.3) is 0 Å². The number of hydrogen-bond donors (Lipinski definition) is 0. The van der Waals surface area contributed by atoms with Gasteiger partial charge in [-0.15, -0.1) is 0 Å². The Morgan fingerprint density at radius 3 is 1.86 bits per heavy atom. The molecule has 2 unspecified atom stereocenters. The van der Waals surface area contributed by atoms with E-state index in [2.05, 4.69) is 66.4 Å². The first-order valence-electron chi connectivity index (χ1n) is 23.9. The lowest BCUT2D eigenvalue weighted by Crippen LogP contribution is -2.40. The minimum absolute atomic E-state index is 0.000437. The second-order valence-corrected chi connectivity index (χ2v) is 19.3. The van der Waals surface area contributed by atoms with Crippen molar-refractivity contribution in [2.45, 2.75) is 77.2 Å². The van der Waals surface area contributed by atoms with Crippen LogP contribution in [0.3, 0.4) is 0 Å². The third-order valence-corrected chi connectivity index (χ3v) is 13.5. The molecule has 4 aliphatic heterocycles. The third-order valence-electron chi connectivity index (χ3n) is 13.3. The molecular formula is C58H63ClN2O10. The normalized spacial score (nSPS) is 16.4. The fourth-order valence-electron chi connectivity index (χ4n) is 9.41. The van der Waals surface area contributed by atoms with Crippen molar-refractivity contribution < 1.29 is 47.5 Å². The van der Waals surface area contributed by atoms with Crippen molar-refractivity contribution in [2.75, 3.05) is 55.6 Å². The summed E-state index contributed by atoms with van der Waals surface area (Å²) in [5, 5.41) is 0.579. The molecule has 4 heterocycles. The topological polar surface area (TPSA) is 114 Å². The lowest BCUT2D eigenvalue weighted by atomic mass is 9.87. The molecule has 0 amide bonds. The van der Waals surface area contributed by atoms with E-state index < -0.39 is 11.6 Å². The Bertz CT molecular complexity index is 2860. The van der Waals surface area contributed by atoms with Crippen molar-refractivity contribution in [3.63, 3.8) is 0 Å². The molecule has 0 N–H and O–H groups in total. The van der Waals surface area contributed by atoms with E-state index in [-0.39, 0.29) is 24.0 Å². The summed E-state index contributed by atoms with van der Waals surface area (Å²) >= 11 is 5.84. The number of benzene rings is 6.